The summed E-state index contributed by atoms with van der Waals surface area (Å²) in [5.74, 6) is -2.37. The van der Waals surface area contributed by atoms with E-state index in [2.05, 4.69) is 10.2 Å². The van der Waals surface area contributed by atoms with Crippen LogP contribution in [0, 0.1) is 23.5 Å². The van der Waals surface area contributed by atoms with Gasteiger partial charge in [0, 0.05) is 58.3 Å². The maximum Gasteiger partial charge on any atom is 0.416 e. The number of ketones is 2. The molecule has 0 spiro atoms. The first-order valence-corrected chi connectivity index (χ1v) is 24.0. The average molecular weight is 1030 g/mol. The van der Waals surface area contributed by atoms with Crippen molar-refractivity contribution in [1.82, 2.24) is 19.6 Å². The second-order valence-electron chi connectivity index (χ2n) is 16.6. The van der Waals surface area contributed by atoms with Crippen LogP contribution >= 0.6 is 11.8 Å². The second-order valence-corrected chi connectivity index (χ2v) is 20.1. The van der Waals surface area contributed by atoms with Gasteiger partial charge in [0.15, 0.2) is 9.84 Å². The summed E-state index contributed by atoms with van der Waals surface area (Å²) >= 11 is 1.51. The molecule has 2 aliphatic carbocycles. The van der Waals surface area contributed by atoms with E-state index in [1.54, 1.807) is 12.1 Å². The number of sulfone groups is 1. The van der Waals surface area contributed by atoms with Crippen molar-refractivity contribution in [2.45, 2.75) is 96.9 Å². The molecule has 22 heteroatoms. The highest BCUT2D eigenvalue weighted by atomic mass is 32.2. The third-order valence-electron chi connectivity index (χ3n) is 12.1. The molecule has 2 heterocycles. The standard InChI is InChI=1S/C24H20F6N2O3S.C24H20F6N2OS/c25-16-4-8-18(9-5-16)36(34,35)21-12-10-19(21)20(33)11-1-14-13-32(31-22(14)23(26)27)17-6-2-15(3-7-17)24(28,29)30;25-16-4-8-18(9-5-16)34-21-12-10-19(21)20(33)11-1-14-13-32(31-22(14)23(26)27)17-6-2-15(3-7-17)24(28,29)30/h2-9,13,19,21,23H,1,10-12H2;2-9,13,19,21,23H,1,10-12H2/t19-,21-;/m0./s1. The Balaban J connectivity index is 0.000000207. The number of aromatic nitrogens is 4. The minimum Gasteiger partial charge on any atom is -0.299 e. The number of carbonyl (C=O) groups excluding carboxylic acids is 2. The highest BCUT2D eigenvalue weighted by molar-refractivity contribution is 8.00. The molecule has 4 aromatic carbocycles. The van der Waals surface area contributed by atoms with E-state index in [4.69, 9.17) is 0 Å². The molecule has 0 saturated heterocycles. The fraction of sp³-hybridized carbons (Fsp3) is 0.333. The highest BCUT2D eigenvalue weighted by Gasteiger charge is 2.45. The van der Waals surface area contributed by atoms with Gasteiger partial charge in [-0.05, 0) is 136 Å². The van der Waals surface area contributed by atoms with E-state index in [0.29, 0.717) is 12.8 Å². The van der Waals surface area contributed by atoms with Crippen LogP contribution in [0.4, 0.5) is 52.7 Å². The quantitative estimate of drug-likeness (QED) is 0.0702. The number of halogens is 12. The van der Waals surface area contributed by atoms with Crippen molar-refractivity contribution >= 4 is 33.2 Å². The van der Waals surface area contributed by atoms with Gasteiger partial charge in [-0.3, -0.25) is 9.59 Å². The van der Waals surface area contributed by atoms with Gasteiger partial charge in [-0.1, -0.05) is 0 Å². The minimum atomic E-state index is -4.55. The molecule has 2 aliphatic rings. The molecular weight excluding hydrogens is 989 g/mol. The van der Waals surface area contributed by atoms with Crippen LogP contribution in [0.1, 0.15) is 85.0 Å². The lowest BCUT2D eigenvalue weighted by atomic mass is 9.80. The molecular formula is C48H40F12N4O4S2. The number of hydrogen-bond acceptors (Lipinski definition) is 7. The van der Waals surface area contributed by atoms with Crippen molar-refractivity contribution in [3.8, 4) is 11.4 Å². The maximum atomic E-state index is 13.6. The molecule has 8 nitrogen and oxygen atoms in total. The molecule has 6 aromatic rings. The van der Waals surface area contributed by atoms with Gasteiger partial charge in [0.25, 0.3) is 12.9 Å². The summed E-state index contributed by atoms with van der Waals surface area (Å²) in [7, 11) is -3.87. The molecule has 2 aromatic heterocycles. The van der Waals surface area contributed by atoms with Crippen LogP contribution < -0.4 is 0 Å². The van der Waals surface area contributed by atoms with E-state index in [1.165, 1.54) is 36.3 Å². The van der Waals surface area contributed by atoms with Gasteiger partial charge in [0.2, 0.25) is 0 Å². The van der Waals surface area contributed by atoms with E-state index in [9.17, 15) is 70.7 Å². The molecule has 2 saturated carbocycles. The van der Waals surface area contributed by atoms with Crippen LogP contribution in [0.25, 0.3) is 11.4 Å². The Hall–Kier alpha value is -5.90. The summed E-state index contributed by atoms with van der Waals surface area (Å²) in [5, 5.41) is 6.71. The Morgan fingerprint density at radius 1 is 0.586 bits per heavy atom. The first kappa shape index (κ1) is 51.9. The highest BCUT2D eigenvalue weighted by Crippen LogP contribution is 2.43. The van der Waals surface area contributed by atoms with Crippen LogP contribution in [0.3, 0.4) is 0 Å². The lowest BCUT2D eigenvalue weighted by molar-refractivity contribution is -0.138. The Morgan fingerprint density at radius 2 is 1.00 bits per heavy atom. The lowest BCUT2D eigenvalue weighted by Gasteiger charge is -2.35. The molecule has 4 atom stereocenters. The molecule has 0 amide bonds. The first-order valence-electron chi connectivity index (χ1n) is 21.5. The monoisotopic (exact) mass is 1030 g/mol. The summed E-state index contributed by atoms with van der Waals surface area (Å²) in [5.41, 5.74) is -2.28. The second kappa shape index (κ2) is 21.2. The van der Waals surface area contributed by atoms with Crippen molar-refractivity contribution in [2.75, 3.05) is 0 Å². The van der Waals surface area contributed by atoms with Crippen molar-refractivity contribution in [1.29, 1.82) is 0 Å². The van der Waals surface area contributed by atoms with Gasteiger partial charge in [0.1, 0.15) is 34.6 Å². The van der Waals surface area contributed by atoms with Crippen LogP contribution in [0.5, 0.6) is 0 Å². The van der Waals surface area contributed by atoms with Crippen LogP contribution in [0.2, 0.25) is 0 Å². The van der Waals surface area contributed by atoms with E-state index in [-0.39, 0.29) is 82.3 Å². The molecule has 0 radical (unpaired) electrons. The predicted molar refractivity (Wildman–Crippen MR) is 233 cm³/mol. The number of alkyl halides is 10. The van der Waals surface area contributed by atoms with Crippen molar-refractivity contribution in [2.24, 2.45) is 11.8 Å². The molecule has 372 valence electrons. The Morgan fingerprint density at radius 3 is 1.37 bits per heavy atom. The number of carbonyl (C=O) groups is 2. The first-order chi connectivity index (χ1) is 33.0. The third-order valence-corrected chi connectivity index (χ3v) is 15.9. The van der Waals surface area contributed by atoms with E-state index in [1.807, 2.05) is 0 Å². The molecule has 0 aliphatic heterocycles. The number of Topliss-reactive ketones (excluding diaryl/α,β-unsaturated/α-hetero) is 2. The Bertz CT molecular complexity index is 2890. The number of thioether (sulfide) groups is 1. The predicted octanol–water partition coefficient (Wildman–Crippen LogP) is 12.8. The van der Waals surface area contributed by atoms with Crippen molar-refractivity contribution in [3.05, 3.63) is 155 Å². The Labute approximate surface area is 397 Å². The summed E-state index contributed by atoms with van der Waals surface area (Å²) in [6.45, 7) is 0. The van der Waals surface area contributed by atoms with Gasteiger partial charge < -0.3 is 0 Å². The van der Waals surface area contributed by atoms with E-state index >= 15 is 0 Å². The molecule has 2 unspecified atom stereocenters. The zero-order chi connectivity index (χ0) is 50.7. The SMILES string of the molecule is O=C(CCc1cn(-c2ccc(C(F)(F)F)cc2)nc1C(F)F)C1CCC1Sc1ccc(F)cc1.O=C(CCc1cn(-c2ccc(C(F)(F)F)cc2)nc1C(F)F)[C@@H]1CC[C@@H]1S(=O)(=O)c1ccc(F)cc1. The number of rotatable bonds is 16. The molecule has 70 heavy (non-hydrogen) atoms. The van der Waals surface area contributed by atoms with Gasteiger partial charge in [-0.15, -0.1) is 11.8 Å². The fourth-order valence-electron chi connectivity index (χ4n) is 8.03. The van der Waals surface area contributed by atoms with Crippen molar-refractivity contribution in [3.63, 3.8) is 0 Å². The normalized spacial score (nSPS) is 18.3. The van der Waals surface area contributed by atoms with Crippen LogP contribution in [-0.2, 0) is 44.6 Å². The molecule has 0 N–H and O–H groups in total. The van der Waals surface area contributed by atoms with Gasteiger partial charge in [-0.2, -0.15) is 36.5 Å². The fourth-order valence-corrected chi connectivity index (χ4v) is 11.4. The van der Waals surface area contributed by atoms with E-state index < -0.39 is 80.3 Å². The van der Waals surface area contributed by atoms with E-state index in [0.717, 1.165) is 93.5 Å². The largest absolute Gasteiger partial charge is 0.416 e. The third kappa shape index (κ3) is 12.2. The minimum absolute atomic E-state index is 0.0339. The van der Waals surface area contributed by atoms with Crippen LogP contribution in [0.15, 0.2) is 119 Å². The summed E-state index contributed by atoms with van der Waals surface area (Å²) in [4.78, 5) is 26.3. The zero-order valence-electron chi connectivity index (χ0n) is 36.3. The number of hydrogen-bond donors (Lipinski definition) is 0. The molecule has 8 rings (SSSR count). The Kier molecular flexibility index (Phi) is 15.7. The van der Waals surface area contributed by atoms with Gasteiger partial charge >= 0.3 is 12.4 Å². The maximum absolute atomic E-state index is 13.6. The summed E-state index contributed by atoms with van der Waals surface area (Å²) in [6, 6.07) is 18.2. The van der Waals surface area contributed by atoms with Gasteiger partial charge in [0.05, 0.1) is 32.6 Å². The zero-order valence-corrected chi connectivity index (χ0v) is 37.9. The number of benzene rings is 4. The van der Waals surface area contributed by atoms with Crippen molar-refractivity contribution < 1.29 is 70.7 Å². The molecule has 0 bridgehead atoms. The number of nitrogens with zero attached hydrogens (tertiary/aromatic N) is 4. The summed E-state index contributed by atoms with van der Waals surface area (Å²) in [6.07, 6.45) is -10.5. The van der Waals surface area contributed by atoms with Gasteiger partial charge in [-0.25, -0.2) is 44.1 Å². The average Bonchev–Trinajstić information content (AvgIpc) is 3.92. The lowest BCUT2D eigenvalue weighted by Crippen LogP contribution is -2.43. The smallest absolute Gasteiger partial charge is 0.299 e. The summed E-state index contributed by atoms with van der Waals surface area (Å²) < 4.78 is 185. The molecule has 2 fully saturated rings. The van der Waals surface area contributed by atoms with Crippen LogP contribution in [-0.4, -0.2) is 50.0 Å². The number of aryl methyl sites for hydroxylation is 2. The topological polar surface area (TPSA) is 104 Å².